The van der Waals surface area contributed by atoms with Crippen LogP contribution in [0, 0.1) is 0 Å². The first kappa shape index (κ1) is 24.2. The van der Waals surface area contributed by atoms with Gasteiger partial charge in [-0.3, -0.25) is 9.59 Å². The van der Waals surface area contributed by atoms with Crippen LogP contribution in [-0.4, -0.2) is 107 Å². The van der Waals surface area contributed by atoms with E-state index in [0.717, 1.165) is 0 Å². The zero-order valence-corrected chi connectivity index (χ0v) is 17.8. The van der Waals surface area contributed by atoms with Gasteiger partial charge >= 0.3 is 11.9 Å². The Bertz CT molecular complexity index is 678. The lowest BCUT2D eigenvalue weighted by Gasteiger charge is -2.29. The molecule has 1 aliphatic rings. The van der Waals surface area contributed by atoms with Gasteiger partial charge in [-0.2, -0.15) is 0 Å². The van der Waals surface area contributed by atoms with Gasteiger partial charge < -0.3 is 30.2 Å². The molecule has 0 saturated carbocycles. The number of nitrogens with one attached hydrogen (secondary N) is 1. The van der Waals surface area contributed by atoms with Crippen molar-refractivity contribution in [2.75, 3.05) is 34.7 Å². The van der Waals surface area contributed by atoms with E-state index in [2.05, 4.69) is 10.3 Å². The highest BCUT2D eigenvalue weighted by Crippen LogP contribution is 2.21. The molecule has 1 aliphatic heterocycles. The highest BCUT2D eigenvalue weighted by atomic mass is 16.4. The molecule has 2 atom stereocenters. The van der Waals surface area contributed by atoms with Gasteiger partial charge in [0, 0.05) is 34.7 Å². The van der Waals surface area contributed by atoms with E-state index in [9.17, 15) is 29.4 Å². The molecule has 29 heavy (non-hydrogen) atoms. The van der Waals surface area contributed by atoms with Crippen LogP contribution in [0.15, 0.2) is 4.99 Å². The van der Waals surface area contributed by atoms with E-state index in [1.807, 2.05) is 0 Å². The topological polar surface area (TPSA) is 143 Å². The van der Waals surface area contributed by atoms with E-state index in [-0.39, 0.29) is 0 Å². The number of likely N-dealkylation sites (tertiary alicyclic amines) is 1. The molecule has 1 heterocycles. The number of hydrogen-bond acceptors (Lipinski definition) is 5. The van der Waals surface area contributed by atoms with Crippen LogP contribution in [-0.2, 0) is 19.2 Å². The third-order valence-corrected chi connectivity index (χ3v) is 4.57. The fraction of sp³-hybridized carbons (Fsp3) is 0.722. The molecular weight excluding hydrogens is 382 g/mol. The minimum atomic E-state index is -1.48. The molecule has 0 bridgehead atoms. The Morgan fingerprint density at radius 3 is 2.14 bits per heavy atom. The third kappa shape index (κ3) is 6.33. The molecule has 1 rings (SSSR count). The number of nitrogens with zero attached hydrogens (tertiary/aromatic N) is 4. The summed E-state index contributed by atoms with van der Waals surface area (Å²) in [5, 5.41) is 21.1. The highest BCUT2D eigenvalue weighted by Gasteiger charge is 2.39. The maximum Gasteiger partial charge on any atom is 0.329 e. The van der Waals surface area contributed by atoms with Gasteiger partial charge in [0.1, 0.15) is 11.6 Å². The summed E-state index contributed by atoms with van der Waals surface area (Å²) in [5.74, 6) is -3.12. The predicted molar refractivity (Wildman–Crippen MR) is 105 cm³/mol. The molecule has 2 amide bonds. The van der Waals surface area contributed by atoms with Crippen molar-refractivity contribution in [3.05, 3.63) is 0 Å². The monoisotopic (exact) mass is 413 g/mol. The van der Waals surface area contributed by atoms with Crippen molar-refractivity contribution in [3.63, 3.8) is 0 Å². The molecule has 11 heteroatoms. The van der Waals surface area contributed by atoms with Gasteiger partial charge in [0.25, 0.3) is 0 Å². The van der Waals surface area contributed by atoms with Gasteiger partial charge in [-0.25, -0.2) is 14.6 Å². The molecule has 3 N–H and O–H groups in total. The molecule has 0 aromatic rings. The third-order valence-electron chi connectivity index (χ3n) is 4.57. The summed E-state index contributed by atoms with van der Waals surface area (Å²) in [6, 6.07) is -2.14. The molecule has 0 aromatic heterocycles. The van der Waals surface area contributed by atoms with E-state index in [0.29, 0.717) is 25.3 Å². The van der Waals surface area contributed by atoms with Crippen molar-refractivity contribution in [2.45, 2.75) is 50.7 Å². The Balaban J connectivity index is 2.97. The summed E-state index contributed by atoms with van der Waals surface area (Å²) in [6.45, 7) is 3.01. The molecule has 0 unspecified atom stereocenters. The number of carboxylic acids is 2. The van der Waals surface area contributed by atoms with E-state index in [1.165, 1.54) is 18.7 Å². The maximum atomic E-state index is 12.8. The van der Waals surface area contributed by atoms with E-state index in [1.54, 1.807) is 38.0 Å². The predicted octanol–water partition coefficient (Wildman–Crippen LogP) is -0.721. The van der Waals surface area contributed by atoms with Crippen LogP contribution in [0.3, 0.4) is 0 Å². The maximum absolute atomic E-state index is 12.8. The SMILES string of the molecule is CN(C)C(=N[C@@H](CC(=O)N1CCC[C@H]1C(=O)NC(C)(C)C(=O)O)C(=O)O)N(C)C. The number of carbonyl (C=O) groups excluding carboxylic acids is 2. The van der Waals surface area contributed by atoms with Crippen LogP contribution in [0.5, 0.6) is 0 Å². The Kier molecular flexibility index (Phi) is 7.98. The fourth-order valence-corrected chi connectivity index (χ4v) is 3.02. The number of carboxylic acid groups (broad SMARTS) is 2. The van der Waals surface area contributed by atoms with Gasteiger partial charge in [-0.15, -0.1) is 0 Å². The number of rotatable bonds is 7. The second-order valence-electron chi connectivity index (χ2n) is 7.94. The zero-order chi connectivity index (χ0) is 22.5. The smallest absolute Gasteiger partial charge is 0.329 e. The van der Waals surface area contributed by atoms with Crippen molar-refractivity contribution < 1.29 is 29.4 Å². The average molecular weight is 413 g/mol. The Hall–Kier alpha value is -2.85. The average Bonchev–Trinajstić information content (AvgIpc) is 3.06. The van der Waals surface area contributed by atoms with Crippen LogP contribution >= 0.6 is 0 Å². The number of hydrogen-bond donors (Lipinski definition) is 3. The van der Waals surface area contributed by atoms with Crippen molar-refractivity contribution in [1.82, 2.24) is 20.0 Å². The molecule has 0 spiro atoms. The lowest BCUT2D eigenvalue weighted by Crippen LogP contribution is -2.56. The molecule has 11 nitrogen and oxygen atoms in total. The first-order valence-corrected chi connectivity index (χ1v) is 9.28. The minimum Gasteiger partial charge on any atom is -0.480 e. The van der Waals surface area contributed by atoms with Crippen molar-refractivity contribution in [2.24, 2.45) is 4.99 Å². The van der Waals surface area contributed by atoms with Gasteiger partial charge in [0.2, 0.25) is 11.8 Å². The van der Waals surface area contributed by atoms with Gasteiger partial charge in [-0.05, 0) is 26.7 Å². The van der Waals surface area contributed by atoms with Crippen LogP contribution < -0.4 is 5.32 Å². The van der Waals surface area contributed by atoms with Crippen molar-refractivity contribution in [1.29, 1.82) is 0 Å². The van der Waals surface area contributed by atoms with Crippen molar-refractivity contribution >= 4 is 29.7 Å². The number of aliphatic imine (C=N–C) groups is 1. The summed E-state index contributed by atoms with van der Waals surface area (Å²) >= 11 is 0. The van der Waals surface area contributed by atoms with E-state index in [4.69, 9.17) is 0 Å². The standard InChI is InChI=1S/C18H31N5O6/c1-18(2,16(28)29)20-14(25)12-8-7-9-23(12)13(24)10-11(15(26)27)19-17(21(3)4)22(5)6/h11-12H,7-10H2,1-6H3,(H,20,25)(H,26,27)(H,28,29)/t11-,12-/m0/s1. The molecule has 0 aromatic carbocycles. The van der Waals surface area contributed by atoms with Gasteiger partial charge in [-0.1, -0.05) is 0 Å². The lowest BCUT2D eigenvalue weighted by molar-refractivity contribution is -0.148. The van der Waals surface area contributed by atoms with E-state index < -0.39 is 47.8 Å². The zero-order valence-electron chi connectivity index (χ0n) is 17.8. The number of amides is 2. The van der Waals surface area contributed by atoms with Crippen LogP contribution in [0.4, 0.5) is 0 Å². The van der Waals surface area contributed by atoms with Crippen molar-refractivity contribution in [3.8, 4) is 0 Å². The van der Waals surface area contributed by atoms with Crippen LogP contribution in [0.25, 0.3) is 0 Å². The highest BCUT2D eigenvalue weighted by molar-refractivity contribution is 5.93. The second kappa shape index (κ2) is 9.57. The molecule has 1 saturated heterocycles. The lowest BCUT2D eigenvalue weighted by atomic mass is 10.0. The normalized spacial score (nSPS) is 17.3. The minimum absolute atomic E-state index is 0.300. The Labute approximate surface area is 170 Å². The number of aliphatic carboxylic acids is 2. The first-order chi connectivity index (χ1) is 13.3. The molecule has 0 aliphatic carbocycles. The first-order valence-electron chi connectivity index (χ1n) is 9.28. The van der Waals surface area contributed by atoms with Gasteiger partial charge in [0.15, 0.2) is 12.0 Å². The second-order valence-corrected chi connectivity index (χ2v) is 7.94. The van der Waals surface area contributed by atoms with Crippen LogP contribution in [0.2, 0.25) is 0 Å². The van der Waals surface area contributed by atoms with E-state index >= 15 is 0 Å². The number of carbonyl (C=O) groups is 4. The molecule has 1 fully saturated rings. The summed E-state index contributed by atoms with van der Waals surface area (Å²) in [6.07, 6.45) is 0.556. The van der Waals surface area contributed by atoms with Gasteiger partial charge in [0.05, 0.1) is 6.42 Å². The Morgan fingerprint density at radius 1 is 1.14 bits per heavy atom. The van der Waals surface area contributed by atoms with Crippen LogP contribution in [0.1, 0.15) is 33.1 Å². The fourth-order valence-electron chi connectivity index (χ4n) is 3.02. The summed E-state index contributed by atoms with van der Waals surface area (Å²) in [4.78, 5) is 57.0. The summed E-state index contributed by atoms with van der Waals surface area (Å²) in [7, 11) is 6.85. The number of guanidine groups is 1. The Morgan fingerprint density at radius 2 is 1.69 bits per heavy atom. The summed E-state index contributed by atoms with van der Waals surface area (Å²) < 4.78 is 0. The quantitative estimate of drug-likeness (QED) is 0.367. The summed E-state index contributed by atoms with van der Waals surface area (Å²) in [5.41, 5.74) is -1.48. The largest absolute Gasteiger partial charge is 0.480 e. The molecule has 164 valence electrons. The molecular formula is C18H31N5O6. The molecule has 0 radical (unpaired) electrons.